The first kappa shape index (κ1) is 32.8. The molecule has 0 aliphatic heterocycles. The molecule has 0 bridgehead atoms. The molecule has 10 heteroatoms. The molecule has 3 aromatic carbocycles. The molecule has 1 aliphatic carbocycles. The Kier molecular flexibility index (Phi) is 11.2. The summed E-state index contributed by atoms with van der Waals surface area (Å²) in [5.41, 5.74) is 3.33. The highest BCUT2D eigenvalue weighted by molar-refractivity contribution is 7.92. The molecule has 1 saturated carbocycles. The summed E-state index contributed by atoms with van der Waals surface area (Å²) >= 11 is 13.1. The molecule has 7 nitrogen and oxygen atoms in total. The lowest BCUT2D eigenvalue weighted by molar-refractivity contribution is -0.140. The highest BCUT2D eigenvalue weighted by Crippen LogP contribution is 2.29. The number of anilines is 1. The van der Waals surface area contributed by atoms with Gasteiger partial charge in [0, 0.05) is 34.6 Å². The topological polar surface area (TPSA) is 86.8 Å². The first-order valence-corrected chi connectivity index (χ1v) is 17.2. The van der Waals surface area contributed by atoms with Gasteiger partial charge in [-0.15, -0.1) is 0 Å². The molecule has 3 aromatic rings. The van der Waals surface area contributed by atoms with E-state index in [2.05, 4.69) is 5.32 Å². The van der Waals surface area contributed by atoms with Crippen molar-refractivity contribution in [3.05, 3.63) is 99.0 Å². The van der Waals surface area contributed by atoms with Crippen molar-refractivity contribution >= 4 is 50.7 Å². The SMILES string of the molecule is Cc1ccc(C)c(N(CC(=O)N(Cc2c(Cl)cccc2Cl)[C@@H](Cc2ccccc2)C(=O)NC2CCCCC2)S(C)(=O)=O)c1. The molecule has 0 heterocycles. The molecule has 1 N–H and O–H groups in total. The maximum atomic E-state index is 14.4. The van der Waals surface area contributed by atoms with E-state index in [1.54, 1.807) is 31.2 Å². The first-order valence-electron chi connectivity index (χ1n) is 14.6. The average molecular weight is 645 g/mol. The van der Waals surface area contributed by atoms with Crippen molar-refractivity contribution in [2.24, 2.45) is 0 Å². The van der Waals surface area contributed by atoms with E-state index in [0.29, 0.717) is 26.9 Å². The lowest BCUT2D eigenvalue weighted by Crippen LogP contribution is -2.55. The van der Waals surface area contributed by atoms with Crippen LogP contribution >= 0.6 is 23.2 Å². The Balaban J connectivity index is 1.78. The number of carbonyl (C=O) groups is 2. The zero-order valence-corrected chi connectivity index (χ0v) is 27.2. The van der Waals surface area contributed by atoms with Crippen LogP contribution in [0.1, 0.15) is 54.4 Å². The van der Waals surface area contributed by atoms with Crippen LogP contribution in [0.3, 0.4) is 0 Å². The van der Waals surface area contributed by atoms with Crippen LogP contribution in [0.25, 0.3) is 0 Å². The molecule has 0 spiro atoms. The molecular weight excluding hydrogens is 605 g/mol. The van der Waals surface area contributed by atoms with Crippen molar-refractivity contribution in [3.63, 3.8) is 0 Å². The highest BCUT2D eigenvalue weighted by Gasteiger charge is 2.35. The van der Waals surface area contributed by atoms with E-state index in [4.69, 9.17) is 23.2 Å². The van der Waals surface area contributed by atoms with E-state index in [9.17, 15) is 18.0 Å². The monoisotopic (exact) mass is 643 g/mol. The number of amides is 2. The maximum absolute atomic E-state index is 14.4. The van der Waals surface area contributed by atoms with Crippen molar-refractivity contribution in [3.8, 4) is 0 Å². The predicted molar refractivity (Wildman–Crippen MR) is 174 cm³/mol. The molecule has 43 heavy (non-hydrogen) atoms. The number of benzene rings is 3. The average Bonchev–Trinajstić information content (AvgIpc) is 2.96. The van der Waals surface area contributed by atoms with Gasteiger partial charge in [0.2, 0.25) is 21.8 Å². The van der Waals surface area contributed by atoms with Gasteiger partial charge in [-0.25, -0.2) is 8.42 Å². The Hall–Kier alpha value is -3.07. The molecule has 1 fully saturated rings. The highest BCUT2D eigenvalue weighted by atomic mass is 35.5. The third kappa shape index (κ3) is 8.74. The molecule has 0 radical (unpaired) electrons. The summed E-state index contributed by atoms with van der Waals surface area (Å²) in [6, 6.07) is 19.1. The van der Waals surface area contributed by atoms with Gasteiger partial charge < -0.3 is 10.2 Å². The summed E-state index contributed by atoms with van der Waals surface area (Å²) in [4.78, 5) is 29.9. The fourth-order valence-electron chi connectivity index (χ4n) is 5.53. The van der Waals surface area contributed by atoms with E-state index < -0.39 is 28.5 Å². The van der Waals surface area contributed by atoms with Crippen molar-refractivity contribution in [2.75, 3.05) is 17.1 Å². The smallest absolute Gasteiger partial charge is 0.244 e. The third-order valence-electron chi connectivity index (χ3n) is 7.93. The summed E-state index contributed by atoms with van der Waals surface area (Å²) in [6.45, 7) is 3.10. The zero-order chi connectivity index (χ0) is 31.1. The summed E-state index contributed by atoms with van der Waals surface area (Å²) in [7, 11) is -3.87. The normalized spacial score (nSPS) is 14.6. The molecule has 4 rings (SSSR count). The molecule has 1 atom stereocenters. The van der Waals surface area contributed by atoms with Crippen molar-refractivity contribution in [2.45, 2.75) is 71.0 Å². The van der Waals surface area contributed by atoms with E-state index in [-0.39, 0.29) is 24.9 Å². The van der Waals surface area contributed by atoms with E-state index >= 15 is 0 Å². The summed E-state index contributed by atoms with van der Waals surface area (Å²) in [5.74, 6) is -0.827. The fraction of sp³-hybridized carbons (Fsp3) is 0.394. The standard InChI is InChI=1S/C33H39Cl2N3O4S/c1-23-17-18-24(2)30(19-23)38(43(3,41)42)22-32(39)37(21-27-28(34)15-10-16-29(27)35)31(20-25-11-6-4-7-12-25)33(40)36-26-13-8-5-9-14-26/h4,6-7,10-12,15-19,26,31H,5,8-9,13-14,20-22H2,1-3H3,(H,36,40)/t31-/m0/s1. The largest absolute Gasteiger partial charge is 0.352 e. The molecule has 1 aliphatic rings. The Bertz CT molecular complexity index is 1520. The Labute approximate surface area is 265 Å². The number of hydrogen-bond acceptors (Lipinski definition) is 4. The number of carbonyl (C=O) groups excluding carboxylic acids is 2. The van der Waals surface area contributed by atoms with Gasteiger partial charge in [0.25, 0.3) is 0 Å². The number of aryl methyl sites for hydroxylation is 2. The lowest BCUT2D eigenvalue weighted by Gasteiger charge is -2.35. The van der Waals surface area contributed by atoms with Crippen LogP contribution in [0.5, 0.6) is 0 Å². The summed E-state index contributed by atoms with van der Waals surface area (Å²) in [5, 5.41) is 3.90. The van der Waals surface area contributed by atoms with Gasteiger partial charge in [0.15, 0.2) is 0 Å². The minimum absolute atomic E-state index is 0.0165. The molecule has 0 saturated heterocycles. The number of hydrogen-bond donors (Lipinski definition) is 1. The fourth-order valence-corrected chi connectivity index (χ4v) is 6.95. The van der Waals surface area contributed by atoms with Crippen molar-refractivity contribution < 1.29 is 18.0 Å². The van der Waals surface area contributed by atoms with Gasteiger partial charge in [-0.2, -0.15) is 0 Å². The van der Waals surface area contributed by atoms with Gasteiger partial charge >= 0.3 is 0 Å². The first-order chi connectivity index (χ1) is 20.4. The van der Waals surface area contributed by atoms with Crippen LogP contribution in [0.4, 0.5) is 5.69 Å². The maximum Gasteiger partial charge on any atom is 0.244 e. The lowest BCUT2D eigenvalue weighted by atomic mass is 9.94. The van der Waals surface area contributed by atoms with Crippen LogP contribution in [0.2, 0.25) is 10.0 Å². The number of rotatable bonds is 11. The number of halogens is 2. The van der Waals surface area contributed by atoms with Crippen LogP contribution in [0.15, 0.2) is 66.7 Å². The van der Waals surface area contributed by atoms with E-state index in [1.807, 2.05) is 49.4 Å². The molecule has 230 valence electrons. The van der Waals surface area contributed by atoms with Crippen molar-refractivity contribution in [1.82, 2.24) is 10.2 Å². The molecule has 0 unspecified atom stereocenters. The second kappa shape index (κ2) is 14.6. The minimum atomic E-state index is -3.87. The number of sulfonamides is 1. The van der Waals surface area contributed by atoms with Crippen molar-refractivity contribution in [1.29, 1.82) is 0 Å². The van der Waals surface area contributed by atoms with Crippen LogP contribution in [0, 0.1) is 13.8 Å². The quantitative estimate of drug-likeness (QED) is 0.260. The van der Waals surface area contributed by atoms with Crippen LogP contribution in [-0.4, -0.2) is 50.0 Å². The Morgan fingerprint density at radius 2 is 1.58 bits per heavy atom. The summed E-state index contributed by atoms with van der Waals surface area (Å²) < 4.78 is 27.3. The number of nitrogens with zero attached hydrogens (tertiary/aromatic N) is 2. The Morgan fingerprint density at radius 3 is 2.21 bits per heavy atom. The number of nitrogens with one attached hydrogen (secondary N) is 1. The second-order valence-electron chi connectivity index (χ2n) is 11.3. The van der Waals surface area contributed by atoms with Gasteiger partial charge in [0.1, 0.15) is 12.6 Å². The van der Waals surface area contributed by atoms with E-state index in [1.165, 1.54) is 4.90 Å². The summed E-state index contributed by atoms with van der Waals surface area (Å²) in [6.07, 6.45) is 6.26. The zero-order valence-electron chi connectivity index (χ0n) is 24.9. The molecule has 2 amide bonds. The van der Waals surface area contributed by atoms with Gasteiger partial charge in [-0.1, -0.05) is 91.0 Å². The van der Waals surface area contributed by atoms with Gasteiger partial charge in [-0.3, -0.25) is 13.9 Å². The van der Waals surface area contributed by atoms with Crippen LogP contribution in [-0.2, 0) is 32.6 Å². The second-order valence-corrected chi connectivity index (χ2v) is 14.1. The van der Waals surface area contributed by atoms with Crippen LogP contribution < -0.4 is 9.62 Å². The molecule has 0 aromatic heterocycles. The van der Waals surface area contributed by atoms with E-state index in [0.717, 1.165) is 53.8 Å². The molecular formula is C33H39Cl2N3O4S. The van der Waals surface area contributed by atoms with Gasteiger partial charge in [0.05, 0.1) is 11.9 Å². The predicted octanol–water partition coefficient (Wildman–Crippen LogP) is 6.47. The van der Waals surface area contributed by atoms with Gasteiger partial charge in [-0.05, 0) is 61.6 Å². The Morgan fingerprint density at radius 1 is 0.930 bits per heavy atom. The minimum Gasteiger partial charge on any atom is -0.352 e. The third-order valence-corrected chi connectivity index (χ3v) is 9.76.